The van der Waals surface area contributed by atoms with Crippen molar-refractivity contribution in [1.82, 2.24) is 25.4 Å². The smallest absolute Gasteiger partial charge is 0.191 e. The molecule has 7 heteroatoms. The number of nitrogens with zero attached hydrogens (tertiary/aromatic N) is 4. The van der Waals surface area contributed by atoms with Crippen LogP contribution >= 0.6 is 24.0 Å². The van der Waals surface area contributed by atoms with Crippen molar-refractivity contribution in [2.75, 3.05) is 19.6 Å². The highest BCUT2D eigenvalue weighted by atomic mass is 127. The number of aryl methyl sites for hydroxylation is 1. The van der Waals surface area contributed by atoms with Crippen LogP contribution in [0.5, 0.6) is 0 Å². The second-order valence-electron chi connectivity index (χ2n) is 5.79. The van der Waals surface area contributed by atoms with Gasteiger partial charge in [0.1, 0.15) is 12.2 Å². The van der Waals surface area contributed by atoms with E-state index in [1.165, 1.54) is 38.5 Å². The number of hydrogen-bond acceptors (Lipinski definition) is 3. The molecule has 1 heterocycles. The maximum Gasteiger partial charge on any atom is 0.191 e. The molecular weight excluding hydrogens is 415 g/mol. The number of aromatic nitrogens is 3. The number of aliphatic imine (C=N–C) groups is 1. The van der Waals surface area contributed by atoms with Crippen molar-refractivity contribution in [3.63, 3.8) is 0 Å². The van der Waals surface area contributed by atoms with Crippen molar-refractivity contribution in [2.24, 2.45) is 4.99 Å². The zero-order valence-electron chi connectivity index (χ0n) is 15.6. The Kier molecular flexibility index (Phi) is 15.1. The van der Waals surface area contributed by atoms with Crippen LogP contribution in [0.25, 0.3) is 0 Å². The number of halogens is 1. The Labute approximate surface area is 164 Å². The van der Waals surface area contributed by atoms with E-state index in [1.54, 1.807) is 6.33 Å². The van der Waals surface area contributed by atoms with Gasteiger partial charge in [0.05, 0.1) is 0 Å². The van der Waals surface area contributed by atoms with Crippen LogP contribution in [-0.2, 0) is 13.0 Å². The summed E-state index contributed by atoms with van der Waals surface area (Å²) in [5.41, 5.74) is 0. The fourth-order valence-corrected chi connectivity index (χ4v) is 2.32. The molecule has 0 aromatic carbocycles. The number of nitrogens with one attached hydrogen (secondary N) is 2. The highest BCUT2D eigenvalue weighted by Gasteiger charge is 2.02. The summed E-state index contributed by atoms with van der Waals surface area (Å²) in [6.07, 6.45) is 10.1. The second-order valence-corrected chi connectivity index (χ2v) is 5.79. The molecule has 0 saturated heterocycles. The van der Waals surface area contributed by atoms with E-state index in [0.717, 1.165) is 44.4 Å². The molecule has 0 radical (unpaired) electrons. The summed E-state index contributed by atoms with van der Waals surface area (Å²) in [5.74, 6) is 1.96. The summed E-state index contributed by atoms with van der Waals surface area (Å²) < 4.78 is 2.10. The van der Waals surface area contributed by atoms with E-state index in [1.807, 2.05) is 0 Å². The molecule has 0 atom stereocenters. The molecule has 2 N–H and O–H groups in total. The number of hydrogen-bond donors (Lipinski definition) is 2. The third-order valence-corrected chi connectivity index (χ3v) is 3.76. The first-order chi connectivity index (χ1) is 11.3. The number of rotatable bonds is 12. The summed E-state index contributed by atoms with van der Waals surface area (Å²) in [5, 5.41) is 14.9. The molecule has 24 heavy (non-hydrogen) atoms. The van der Waals surface area contributed by atoms with Crippen molar-refractivity contribution in [2.45, 2.75) is 72.3 Å². The van der Waals surface area contributed by atoms with Crippen LogP contribution in [0.4, 0.5) is 0 Å². The topological polar surface area (TPSA) is 67.1 Å². The molecule has 1 aromatic rings. The molecule has 0 aliphatic heterocycles. The normalized spacial score (nSPS) is 11.2. The predicted molar refractivity (Wildman–Crippen MR) is 112 cm³/mol. The molecule has 1 rings (SSSR count). The number of guanidine groups is 1. The lowest BCUT2D eigenvalue weighted by Crippen LogP contribution is -2.39. The van der Waals surface area contributed by atoms with E-state index in [2.05, 4.69) is 51.2 Å². The zero-order chi connectivity index (χ0) is 16.8. The maximum atomic E-state index is 4.68. The fraction of sp³-hybridized carbons (Fsp3) is 0.824. The van der Waals surface area contributed by atoms with Gasteiger partial charge in [-0.3, -0.25) is 4.99 Å². The van der Waals surface area contributed by atoms with Gasteiger partial charge in [-0.15, -0.1) is 34.2 Å². The van der Waals surface area contributed by atoms with Crippen LogP contribution in [0.2, 0.25) is 0 Å². The van der Waals surface area contributed by atoms with Gasteiger partial charge in [0.25, 0.3) is 0 Å². The van der Waals surface area contributed by atoms with Crippen molar-refractivity contribution in [3.05, 3.63) is 12.2 Å². The van der Waals surface area contributed by atoms with Crippen molar-refractivity contribution < 1.29 is 0 Å². The second kappa shape index (κ2) is 15.7. The fourth-order valence-electron chi connectivity index (χ4n) is 2.32. The van der Waals surface area contributed by atoms with Gasteiger partial charge in [0.2, 0.25) is 0 Å². The van der Waals surface area contributed by atoms with Gasteiger partial charge in [-0.1, -0.05) is 46.5 Å². The first kappa shape index (κ1) is 23.1. The van der Waals surface area contributed by atoms with Crippen LogP contribution in [0.3, 0.4) is 0 Å². The molecular formula is C17H35IN6. The summed E-state index contributed by atoms with van der Waals surface area (Å²) in [4.78, 5) is 4.68. The Morgan fingerprint density at radius 2 is 1.79 bits per heavy atom. The molecule has 0 saturated carbocycles. The van der Waals surface area contributed by atoms with E-state index < -0.39 is 0 Å². The van der Waals surface area contributed by atoms with Gasteiger partial charge >= 0.3 is 0 Å². The Bertz CT molecular complexity index is 432. The average molecular weight is 450 g/mol. The first-order valence-electron chi connectivity index (χ1n) is 9.20. The van der Waals surface area contributed by atoms with Gasteiger partial charge < -0.3 is 15.2 Å². The van der Waals surface area contributed by atoms with Gasteiger partial charge in [-0.2, -0.15) is 0 Å². The highest BCUT2D eigenvalue weighted by Crippen LogP contribution is 1.99. The van der Waals surface area contributed by atoms with Gasteiger partial charge in [0.15, 0.2) is 5.96 Å². The van der Waals surface area contributed by atoms with Crippen molar-refractivity contribution in [1.29, 1.82) is 0 Å². The molecule has 0 amide bonds. The van der Waals surface area contributed by atoms with E-state index >= 15 is 0 Å². The molecule has 0 fully saturated rings. The SMILES string of the molecule is CCCCCCN=C(NCCCC)NCCn1cnnc1CC.I. The molecule has 140 valence electrons. The summed E-state index contributed by atoms with van der Waals surface area (Å²) in [6.45, 7) is 10.1. The molecule has 1 aromatic heterocycles. The zero-order valence-corrected chi connectivity index (χ0v) is 17.9. The first-order valence-corrected chi connectivity index (χ1v) is 9.20. The highest BCUT2D eigenvalue weighted by molar-refractivity contribution is 14.0. The van der Waals surface area contributed by atoms with Gasteiger partial charge in [0, 0.05) is 32.6 Å². The average Bonchev–Trinajstić information content (AvgIpc) is 3.02. The van der Waals surface area contributed by atoms with Crippen molar-refractivity contribution in [3.8, 4) is 0 Å². The van der Waals surface area contributed by atoms with E-state index in [9.17, 15) is 0 Å². The lowest BCUT2D eigenvalue weighted by molar-refractivity contribution is 0.625. The lowest BCUT2D eigenvalue weighted by atomic mass is 10.2. The monoisotopic (exact) mass is 450 g/mol. The Morgan fingerprint density at radius 1 is 1.04 bits per heavy atom. The standard InChI is InChI=1S/C17H34N6.HI/c1-4-7-9-10-12-19-17(18-11-8-5-2)20-13-14-23-15-21-22-16(23)6-3;/h15H,4-14H2,1-3H3,(H2,18,19,20);1H. The number of unbranched alkanes of at least 4 members (excludes halogenated alkanes) is 4. The summed E-state index contributed by atoms with van der Waals surface area (Å²) in [7, 11) is 0. The molecule has 0 aliphatic rings. The predicted octanol–water partition coefficient (Wildman–Crippen LogP) is 3.37. The third kappa shape index (κ3) is 10.1. The van der Waals surface area contributed by atoms with Crippen molar-refractivity contribution >= 4 is 29.9 Å². The quantitative estimate of drug-likeness (QED) is 0.222. The largest absolute Gasteiger partial charge is 0.356 e. The van der Waals surface area contributed by atoms with E-state index in [0.29, 0.717) is 0 Å². The van der Waals surface area contributed by atoms with Gasteiger partial charge in [-0.25, -0.2) is 0 Å². The van der Waals surface area contributed by atoms with Gasteiger partial charge in [-0.05, 0) is 12.8 Å². The molecule has 0 aliphatic carbocycles. The molecule has 0 spiro atoms. The van der Waals surface area contributed by atoms with Crippen LogP contribution in [-0.4, -0.2) is 40.4 Å². The Morgan fingerprint density at radius 3 is 2.50 bits per heavy atom. The summed E-state index contributed by atoms with van der Waals surface area (Å²) in [6, 6.07) is 0. The van der Waals surface area contributed by atoms with E-state index in [4.69, 9.17) is 0 Å². The molecule has 0 bridgehead atoms. The van der Waals surface area contributed by atoms with Crippen LogP contribution < -0.4 is 10.6 Å². The minimum Gasteiger partial charge on any atom is -0.356 e. The minimum absolute atomic E-state index is 0. The Balaban J connectivity index is 0.00000529. The van der Waals surface area contributed by atoms with Crippen LogP contribution in [0.1, 0.15) is 65.1 Å². The van der Waals surface area contributed by atoms with Crippen LogP contribution in [0, 0.1) is 0 Å². The third-order valence-electron chi connectivity index (χ3n) is 3.76. The summed E-state index contributed by atoms with van der Waals surface area (Å²) >= 11 is 0. The van der Waals surface area contributed by atoms with Crippen LogP contribution in [0.15, 0.2) is 11.3 Å². The maximum absolute atomic E-state index is 4.68. The minimum atomic E-state index is 0. The lowest BCUT2D eigenvalue weighted by Gasteiger charge is -2.13. The Hall–Kier alpha value is -0.860. The molecule has 0 unspecified atom stereocenters. The van der Waals surface area contributed by atoms with E-state index in [-0.39, 0.29) is 24.0 Å². The molecule has 6 nitrogen and oxygen atoms in total.